The van der Waals surface area contributed by atoms with Crippen molar-refractivity contribution >= 4 is 21.4 Å². The second-order valence-corrected chi connectivity index (χ2v) is 5.59. The van der Waals surface area contributed by atoms with Crippen molar-refractivity contribution in [2.24, 2.45) is 0 Å². The van der Waals surface area contributed by atoms with Gasteiger partial charge < -0.3 is 5.32 Å². The normalized spacial score (nSPS) is 11.1. The Morgan fingerprint density at radius 3 is 2.69 bits per heavy atom. The standard InChI is InChI=1S/C10H12FNO3S/c1-2-16(14,15)7-10(13)12-9-5-3-4-8(11)6-9/h3-6H,2,7H2,1H3,(H,12,13). The molecule has 16 heavy (non-hydrogen) atoms. The molecule has 4 nitrogen and oxygen atoms in total. The summed E-state index contributed by atoms with van der Waals surface area (Å²) in [5.74, 6) is -1.83. The maximum Gasteiger partial charge on any atom is 0.239 e. The SMILES string of the molecule is CCS(=O)(=O)CC(=O)Nc1cccc(F)c1. The zero-order valence-electron chi connectivity index (χ0n) is 8.73. The summed E-state index contributed by atoms with van der Waals surface area (Å²) in [5, 5.41) is 2.32. The molecule has 0 saturated carbocycles. The number of rotatable bonds is 4. The number of halogens is 1. The molecule has 0 radical (unpaired) electrons. The summed E-state index contributed by atoms with van der Waals surface area (Å²) in [7, 11) is -3.35. The van der Waals surface area contributed by atoms with Gasteiger partial charge in [0.2, 0.25) is 5.91 Å². The lowest BCUT2D eigenvalue weighted by Gasteiger charge is -2.04. The van der Waals surface area contributed by atoms with Gasteiger partial charge in [-0.05, 0) is 18.2 Å². The molecule has 1 aromatic rings. The summed E-state index contributed by atoms with van der Waals surface area (Å²) in [6, 6.07) is 5.27. The molecule has 0 fully saturated rings. The third-order valence-electron chi connectivity index (χ3n) is 1.90. The average molecular weight is 245 g/mol. The van der Waals surface area contributed by atoms with Crippen molar-refractivity contribution in [3.05, 3.63) is 30.1 Å². The molecule has 1 aromatic carbocycles. The summed E-state index contributed by atoms with van der Waals surface area (Å²) in [5.41, 5.74) is 0.247. The number of carbonyl (C=O) groups excluding carboxylic acids is 1. The van der Waals surface area contributed by atoms with Crippen molar-refractivity contribution in [1.82, 2.24) is 0 Å². The summed E-state index contributed by atoms with van der Waals surface area (Å²) in [4.78, 5) is 11.3. The Hall–Kier alpha value is -1.43. The maximum atomic E-state index is 12.8. The Kier molecular flexibility index (Phi) is 4.00. The fourth-order valence-corrected chi connectivity index (χ4v) is 1.74. The molecule has 0 unspecified atom stereocenters. The highest BCUT2D eigenvalue weighted by Crippen LogP contribution is 2.09. The van der Waals surface area contributed by atoms with Gasteiger partial charge in [-0.15, -0.1) is 0 Å². The van der Waals surface area contributed by atoms with Crippen molar-refractivity contribution in [2.45, 2.75) is 6.92 Å². The third-order valence-corrected chi connectivity index (χ3v) is 3.48. The minimum Gasteiger partial charge on any atom is -0.325 e. The fraction of sp³-hybridized carbons (Fsp3) is 0.300. The molecule has 0 bridgehead atoms. The lowest BCUT2D eigenvalue weighted by Crippen LogP contribution is -2.23. The largest absolute Gasteiger partial charge is 0.325 e. The van der Waals surface area contributed by atoms with E-state index >= 15 is 0 Å². The highest BCUT2D eigenvalue weighted by atomic mass is 32.2. The summed E-state index contributed by atoms with van der Waals surface area (Å²) in [6.45, 7) is 1.46. The van der Waals surface area contributed by atoms with E-state index in [2.05, 4.69) is 5.32 Å². The molecule has 6 heteroatoms. The summed E-state index contributed by atoms with van der Waals surface area (Å²) in [6.07, 6.45) is 0. The van der Waals surface area contributed by atoms with E-state index < -0.39 is 27.3 Å². The maximum absolute atomic E-state index is 12.8. The van der Waals surface area contributed by atoms with Crippen LogP contribution in [0.25, 0.3) is 0 Å². The van der Waals surface area contributed by atoms with Crippen LogP contribution in [0.3, 0.4) is 0 Å². The van der Waals surface area contributed by atoms with E-state index in [1.54, 1.807) is 0 Å². The molecule has 0 aromatic heterocycles. The molecule has 1 rings (SSSR count). The van der Waals surface area contributed by atoms with Gasteiger partial charge in [0.05, 0.1) is 0 Å². The number of amides is 1. The highest BCUT2D eigenvalue weighted by molar-refractivity contribution is 7.92. The van der Waals surface area contributed by atoms with Gasteiger partial charge in [-0.1, -0.05) is 13.0 Å². The van der Waals surface area contributed by atoms with E-state index in [1.807, 2.05) is 0 Å². The molecule has 0 aliphatic carbocycles. The molecular weight excluding hydrogens is 233 g/mol. The van der Waals surface area contributed by atoms with Crippen molar-refractivity contribution < 1.29 is 17.6 Å². The van der Waals surface area contributed by atoms with Crippen molar-refractivity contribution in [1.29, 1.82) is 0 Å². The summed E-state index contributed by atoms with van der Waals surface area (Å²) < 4.78 is 35.0. The van der Waals surface area contributed by atoms with Gasteiger partial charge in [0.1, 0.15) is 11.6 Å². The Morgan fingerprint density at radius 1 is 1.44 bits per heavy atom. The molecule has 0 aliphatic rings. The van der Waals surface area contributed by atoms with Crippen molar-refractivity contribution in [3.63, 3.8) is 0 Å². The first kappa shape index (κ1) is 12.6. The van der Waals surface area contributed by atoms with Crippen LogP contribution in [0.4, 0.5) is 10.1 Å². The minimum atomic E-state index is -3.35. The molecule has 1 N–H and O–H groups in total. The first-order valence-corrected chi connectivity index (χ1v) is 6.51. The van der Waals surface area contributed by atoms with E-state index in [-0.39, 0.29) is 11.4 Å². The predicted octanol–water partition coefficient (Wildman–Crippen LogP) is 1.20. The van der Waals surface area contributed by atoms with E-state index in [0.29, 0.717) is 0 Å². The van der Waals surface area contributed by atoms with Gasteiger partial charge in [-0.3, -0.25) is 4.79 Å². The molecule has 0 aliphatic heterocycles. The number of carbonyl (C=O) groups is 1. The second-order valence-electron chi connectivity index (χ2n) is 3.24. The lowest BCUT2D eigenvalue weighted by atomic mass is 10.3. The number of nitrogens with one attached hydrogen (secondary N) is 1. The zero-order valence-corrected chi connectivity index (χ0v) is 9.55. The molecule has 0 atom stereocenters. The smallest absolute Gasteiger partial charge is 0.239 e. The highest BCUT2D eigenvalue weighted by Gasteiger charge is 2.14. The number of benzene rings is 1. The third kappa shape index (κ3) is 3.98. The van der Waals surface area contributed by atoms with Crippen LogP contribution >= 0.6 is 0 Å². The van der Waals surface area contributed by atoms with Gasteiger partial charge in [0, 0.05) is 11.4 Å². The molecule has 0 saturated heterocycles. The molecular formula is C10H12FNO3S. The van der Waals surface area contributed by atoms with Crippen LogP contribution in [0.15, 0.2) is 24.3 Å². The Balaban J connectivity index is 2.66. The molecule has 0 spiro atoms. The van der Waals surface area contributed by atoms with E-state index in [1.165, 1.54) is 25.1 Å². The zero-order chi connectivity index (χ0) is 12.2. The first-order valence-electron chi connectivity index (χ1n) is 4.69. The predicted molar refractivity (Wildman–Crippen MR) is 59.4 cm³/mol. The Morgan fingerprint density at radius 2 is 2.12 bits per heavy atom. The van der Waals surface area contributed by atoms with E-state index in [0.717, 1.165) is 6.07 Å². The van der Waals surface area contributed by atoms with Crippen molar-refractivity contribution in [3.8, 4) is 0 Å². The first-order chi connectivity index (χ1) is 7.43. The van der Waals surface area contributed by atoms with Gasteiger partial charge in [0.15, 0.2) is 9.84 Å². The van der Waals surface area contributed by atoms with Gasteiger partial charge in [-0.2, -0.15) is 0 Å². The van der Waals surface area contributed by atoms with Crippen LogP contribution in [-0.2, 0) is 14.6 Å². The number of anilines is 1. The fourth-order valence-electron chi connectivity index (χ4n) is 1.07. The van der Waals surface area contributed by atoms with Crippen LogP contribution in [0.5, 0.6) is 0 Å². The minimum absolute atomic E-state index is 0.0937. The summed E-state index contributed by atoms with van der Waals surface area (Å²) >= 11 is 0. The number of hydrogen-bond donors (Lipinski definition) is 1. The van der Waals surface area contributed by atoms with Crippen LogP contribution in [0, 0.1) is 5.82 Å². The van der Waals surface area contributed by atoms with Crippen LogP contribution in [0.2, 0.25) is 0 Å². The molecule has 0 heterocycles. The van der Waals surface area contributed by atoms with Gasteiger partial charge >= 0.3 is 0 Å². The molecule has 88 valence electrons. The number of sulfone groups is 1. The van der Waals surface area contributed by atoms with Gasteiger partial charge in [-0.25, -0.2) is 12.8 Å². The quantitative estimate of drug-likeness (QED) is 0.867. The van der Waals surface area contributed by atoms with E-state index in [9.17, 15) is 17.6 Å². The monoisotopic (exact) mass is 245 g/mol. The number of hydrogen-bond acceptors (Lipinski definition) is 3. The Bertz CT molecular complexity index is 485. The van der Waals surface area contributed by atoms with Crippen molar-refractivity contribution in [2.75, 3.05) is 16.8 Å². The van der Waals surface area contributed by atoms with Crippen LogP contribution in [0.1, 0.15) is 6.92 Å². The topological polar surface area (TPSA) is 63.2 Å². The second kappa shape index (κ2) is 5.07. The van der Waals surface area contributed by atoms with Crippen LogP contribution < -0.4 is 5.32 Å². The van der Waals surface area contributed by atoms with Crippen LogP contribution in [-0.4, -0.2) is 25.8 Å². The lowest BCUT2D eigenvalue weighted by molar-refractivity contribution is -0.113. The van der Waals surface area contributed by atoms with Gasteiger partial charge in [0.25, 0.3) is 0 Å². The van der Waals surface area contributed by atoms with E-state index in [4.69, 9.17) is 0 Å². The average Bonchev–Trinajstić information content (AvgIpc) is 2.16. The Labute approximate surface area is 93.4 Å². The molecule has 1 amide bonds.